The molecule has 6 heteroatoms. The molecule has 100 valence electrons. The van der Waals surface area contributed by atoms with Crippen molar-refractivity contribution in [3.63, 3.8) is 0 Å². The Balaban J connectivity index is 2.62. The van der Waals surface area contributed by atoms with Crippen molar-refractivity contribution < 1.29 is 14.7 Å². The molecule has 0 aliphatic rings. The van der Waals surface area contributed by atoms with Crippen LogP contribution >= 0.6 is 11.3 Å². The maximum atomic E-state index is 11.9. The average molecular weight is 270 g/mol. The number of hydrogen-bond donors (Lipinski definition) is 2. The Hall–Kier alpha value is -1.56. The smallest absolute Gasteiger partial charge is 0.326 e. The second kappa shape index (κ2) is 6.39. The molecule has 18 heavy (non-hydrogen) atoms. The van der Waals surface area contributed by atoms with Gasteiger partial charge in [-0.05, 0) is 35.7 Å². The Morgan fingerprint density at radius 2 is 2.22 bits per heavy atom. The molecular weight excluding hydrogens is 252 g/mol. The van der Waals surface area contributed by atoms with Crippen molar-refractivity contribution in [2.24, 2.45) is 0 Å². The molecule has 0 bridgehead atoms. The van der Waals surface area contributed by atoms with Crippen molar-refractivity contribution in [2.45, 2.75) is 32.4 Å². The summed E-state index contributed by atoms with van der Waals surface area (Å²) in [5.74, 6) is -0.988. The minimum Gasteiger partial charge on any atom is -0.480 e. The number of carboxylic acid groups (broad SMARTS) is 1. The zero-order chi connectivity index (χ0) is 13.7. The van der Waals surface area contributed by atoms with Crippen LogP contribution in [0.1, 0.15) is 31.9 Å². The molecule has 1 aromatic heterocycles. The maximum absolute atomic E-state index is 11.9. The zero-order valence-electron chi connectivity index (χ0n) is 10.7. The highest BCUT2D eigenvalue weighted by atomic mass is 32.1. The monoisotopic (exact) mass is 270 g/mol. The predicted octanol–water partition coefficient (Wildman–Crippen LogP) is 2.31. The van der Waals surface area contributed by atoms with Gasteiger partial charge in [0, 0.05) is 7.05 Å². The van der Waals surface area contributed by atoms with Gasteiger partial charge in [0.15, 0.2) is 0 Å². The van der Waals surface area contributed by atoms with E-state index in [-0.39, 0.29) is 12.1 Å². The van der Waals surface area contributed by atoms with Crippen LogP contribution in [-0.4, -0.2) is 35.1 Å². The molecule has 0 saturated heterocycles. The molecule has 2 amide bonds. The van der Waals surface area contributed by atoms with Gasteiger partial charge < -0.3 is 15.3 Å². The standard InChI is InChI=1S/C12H18N2O3S/c1-4-10(11(15)16)14(3)12(17)13-8(2)9-5-6-18-7-9/h5-8,10H,4H2,1-3H3,(H,13,17)(H,15,16). The fourth-order valence-corrected chi connectivity index (χ4v) is 2.40. The van der Waals surface area contributed by atoms with Crippen LogP contribution in [0, 0.1) is 0 Å². The molecule has 5 nitrogen and oxygen atoms in total. The molecule has 0 aliphatic heterocycles. The Morgan fingerprint density at radius 3 is 2.67 bits per heavy atom. The van der Waals surface area contributed by atoms with Gasteiger partial charge in [0.25, 0.3) is 0 Å². The summed E-state index contributed by atoms with van der Waals surface area (Å²) in [6.07, 6.45) is 0.381. The molecule has 1 aromatic rings. The lowest BCUT2D eigenvalue weighted by Crippen LogP contribution is -2.47. The number of aliphatic carboxylic acids is 1. The zero-order valence-corrected chi connectivity index (χ0v) is 11.5. The molecule has 2 atom stereocenters. The number of carboxylic acids is 1. The van der Waals surface area contributed by atoms with E-state index in [1.807, 2.05) is 23.8 Å². The highest BCUT2D eigenvalue weighted by Crippen LogP contribution is 2.16. The molecule has 0 aromatic carbocycles. The first-order valence-electron chi connectivity index (χ1n) is 5.75. The van der Waals surface area contributed by atoms with Gasteiger partial charge in [-0.2, -0.15) is 11.3 Å². The molecule has 2 N–H and O–H groups in total. The number of urea groups is 1. The molecule has 0 fully saturated rings. The lowest BCUT2D eigenvalue weighted by Gasteiger charge is -2.25. The molecule has 0 aliphatic carbocycles. The third-order valence-electron chi connectivity index (χ3n) is 2.84. The predicted molar refractivity (Wildman–Crippen MR) is 70.7 cm³/mol. The van der Waals surface area contributed by atoms with Gasteiger partial charge in [-0.25, -0.2) is 9.59 Å². The lowest BCUT2D eigenvalue weighted by molar-refractivity contribution is -0.141. The number of amides is 2. The van der Waals surface area contributed by atoms with Gasteiger partial charge in [0.2, 0.25) is 0 Å². The summed E-state index contributed by atoms with van der Waals surface area (Å²) in [5.41, 5.74) is 1.02. The van der Waals surface area contributed by atoms with Gasteiger partial charge in [0.05, 0.1) is 6.04 Å². The van der Waals surface area contributed by atoms with Crippen molar-refractivity contribution in [2.75, 3.05) is 7.05 Å². The third kappa shape index (κ3) is 3.46. The van der Waals surface area contributed by atoms with Gasteiger partial charge >= 0.3 is 12.0 Å². The van der Waals surface area contributed by atoms with Gasteiger partial charge in [-0.15, -0.1) is 0 Å². The van der Waals surface area contributed by atoms with E-state index in [2.05, 4.69) is 5.32 Å². The SMILES string of the molecule is CCC(C(=O)O)N(C)C(=O)NC(C)c1ccsc1. The number of carbonyl (C=O) groups is 2. The van der Waals surface area contributed by atoms with Crippen LogP contribution in [0.25, 0.3) is 0 Å². The molecule has 0 spiro atoms. The van der Waals surface area contributed by atoms with Crippen LogP contribution in [0.5, 0.6) is 0 Å². The van der Waals surface area contributed by atoms with Crippen LogP contribution in [0.3, 0.4) is 0 Å². The van der Waals surface area contributed by atoms with Gasteiger partial charge in [-0.1, -0.05) is 6.92 Å². The van der Waals surface area contributed by atoms with E-state index in [1.165, 1.54) is 11.9 Å². The first-order valence-corrected chi connectivity index (χ1v) is 6.69. The van der Waals surface area contributed by atoms with E-state index < -0.39 is 12.0 Å². The number of nitrogens with one attached hydrogen (secondary N) is 1. The number of likely N-dealkylation sites (N-methyl/N-ethyl adjacent to an activating group) is 1. The highest BCUT2D eigenvalue weighted by molar-refractivity contribution is 7.07. The minimum absolute atomic E-state index is 0.127. The van der Waals surface area contributed by atoms with Crippen LogP contribution in [0.2, 0.25) is 0 Å². The summed E-state index contributed by atoms with van der Waals surface area (Å²) < 4.78 is 0. The van der Waals surface area contributed by atoms with E-state index in [9.17, 15) is 9.59 Å². The fraction of sp³-hybridized carbons (Fsp3) is 0.500. The van der Waals surface area contributed by atoms with Gasteiger partial charge in [0.1, 0.15) is 6.04 Å². The summed E-state index contributed by atoms with van der Waals surface area (Å²) in [4.78, 5) is 24.1. The number of hydrogen-bond acceptors (Lipinski definition) is 3. The number of carbonyl (C=O) groups excluding carboxylic acids is 1. The van der Waals surface area contributed by atoms with Crippen molar-refractivity contribution in [1.82, 2.24) is 10.2 Å². The molecule has 1 rings (SSSR count). The molecule has 0 radical (unpaired) electrons. The van der Waals surface area contributed by atoms with E-state index in [4.69, 9.17) is 5.11 Å². The van der Waals surface area contributed by atoms with E-state index in [1.54, 1.807) is 18.3 Å². The number of thiophene rings is 1. The Morgan fingerprint density at radius 1 is 1.56 bits per heavy atom. The second-order valence-corrected chi connectivity index (χ2v) is 4.88. The summed E-state index contributed by atoms with van der Waals surface area (Å²) in [6.45, 7) is 3.61. The molecule has 2 unspecified atom stereocenters. The lowest BCUT2D eigenvalue weighted by atomic mass is 10.2. The van der Waals surface area contributed by atoms with Crippen molar-refractivity contribution in [3.8, 4) is 0 Å². The molecular formula is C12H18N2O3S. The first kappa shape index (κ1) is 14.5. The van der Waals surface area contributed by atoms with Crippen LogP contribution in [0.4, 0.5) is 4.79 Å². The number of rotatable bonds is 5. The Kier molecular flexibility index (Phi) is 5.15. The van der Waals surface area contributed by atoms with E-state index >= 15 is 0 Å². The number of nitrogens with zero attached hydrogens (tertiary/aromatic N) is 1. The van der Waals surface area contributed by atoms with Crippen LogP contribution < -0.4 is 5.32 Å². The third-order valence-corrected chi connectivity index (χ3v) is 3.54. The Bertz CT molecular complexity index is 405. The summed E-state index contributed by atoms with van der Waals surface area (Å²) >= 11 is 1.56. The normalized spacial score (nSPS) is 13.7. The maximum Gasteiger partial charge on any atom is 0.326 e. The first-order chi connectivity index (χ1) is 8.47. The quantitative estimate of drug-likeness (QED) is 0.862. The van der Waals surface area contributed by atoms with E-state index in [0.717, 1.165) is 5.56 Å². The minimum atomic E-state index is -0.988. The molecule has 1 heterocycles. The summed E-state index contributed by atoms with van der Waals surface area (Å²) in [5, 5.41) is 15.7. The van der Waals surface area contributed by atoms with E-state index in [0.29, 0.717) is 6.42 Å². The van der Waals surface area contributed by atoms with Crippen molar-refractivity contribution in [1.29, 1.82) is 0 Å². The van der Waals surface area contributed by atoms with Crippen LogP contribution in [-0.2, 0) is 4.79 Å². The Labute approximate surface area is 110 Å². The fourth-order valence-electron chi connectivity index (χ4n) is 1.65. The van der Waals surface area contributed by atoms with Crippen molar-refractivity contribution in [3.05, 3.63) is 22.4 Å². The van der Waals surface area contributed by atoms with Crippen LogP contribution in [0.15, 0.2) is 16.8 Å². The highest BCUT2D eigenvalue weighted by Gasteiger charge is 2.25. The topological polar surface area (TPSA) is 69.6 Å². The van der Waals surface area contributed by atoms with Crippen molar-refractivity contribution >= 4 is 23.3 Å². The average Bonchev–Trinajstić information content (AvgIpc) is 2.82. The largest absolute Gasteiger partial charge is 0.480 e. The summed E-state index contributed by atoms with van der Waals surface area (Å²) in [6, 6.07) is 0.643. The second-order valence-electron chi connectivity index (χ2n) is 4.10. The molecule has 0 saturated carbocycles. The van der Waals surface area contributed by atoms with Gasteiger partial charge in [-0.3, -0.25) is 0 Å². The summed E-state index contributed by atoms with van der Waals surface area (Å²) in [7, 11) is 1.50.